The van der Waals surface area contributed by atoms with E-state index < -0.39 is 0 Å². The van der Waals surface area contributed by atoms with Gasteiger partial charge in [0, 0.05) is 35.9 Å². The molecule has 0 spiro atoms. The van der Waals surface area contributed by atoms with Crippen molar-refractivity contribution in [3.05, 3.63) is 23.8 Å². The molecule has 1 atom stereocenters. The zero-order chi connectivity index (χ0) is 13.0. The number of hydrogen-bond donors (Lipinski definition) is 2. The highest BCUT2D eigenvalue weighted by Crippen LogP contribution is 2.29. The Morgan fingerprint density at radius 2 is 1.94 bits per heavy atom. The lowest BCUT2D eigenvalue weighted by molar-refractivity contribution is 0.457. The minimum Gasteiger partial charge on any atom is -0.508 e. The van der Waals surface area contributed by atoms with Crippen LogP contribution in [0.4, 0.5) is 5.69 Å². The molecule has 0 aliphatic heterocycles. The maximum absolute atomic E-state index is 10.1. The Morgan fingerprint density at radius 3 is 2.35 bits per heavy atom. The lowest BCUT2D eigenvalue weighted by atomic mass is 10.1. The molecule has 96 valence electrons. The Balaban J connectivity index is 3.03. The topological polar surface area (TPSA) is 35.5 Å². The fraction of sp³-hybridized carbons (Fsp3) is 0.571. The van der Waals surface area contributed by atoms with Crippen LogP contribution in [0.5, 0.6) is 5.75 Å². The Morgan fingerprint density at radius 1 is 1.29 bits per heavy atom. The first-order chi connectivity index (χ1) is 8.01. The number of benzene rings is 1. The summed E-state index contributed by atoms with van der Waals surface area (Å²) >= 11 is 0. The average molecular weight is 236 g/mol. The number of phenols is 1. The van der Waals surface area contributed by atoms with Gasteiger partial charge in [-0.25, -0.2) is 0 Å². The quantitative estimate of drug-likeness (QED) is 0.825. The van der Waals surface area contributed by atoms with Crippen molar-refractivity contribution in [3.8, 4) is 5.75 Å². The number of anilines is 1. The lowest BCUT2D eigenvalue weighted by Crippen LogP contribution is -2.30. The Kier molecular flexibility index (Phi) is 4.82. The molecule has 1 unspecified atom stereocenters. The monoisotopic (exact) mass is 236 g/mol. The molecule has 0 aliphatic carbocycles. The second-order valence-corrected chi connectivity index (χ2v) is 4.63. The van der Waals surface area contributed by atoms with Crippen molar-refractivity contribution in [2.45, 2.75) is 39.8 Å². The van der Waals surface area contributed by atoms with Crippen molar-refractivity contribution in [1.82, 2.24) is 5.32 Å². The normalized spacial score (nSPS) is 12.8. The second-order valence-electron chi connectivity index (χ2n) is 4.63. The number of phenolic OH excluding ortho intramolecular Hbond substituents is 1. The Hall–Kier alpha value is -1.22. The van der Waals surface area contributed by atoms with E-state index in [0.717, 1.165) is 17.8 Å². The first-order valence-electron chi connectivity index (χ1n) is 6.28. The fourth-order valence-electron chi connectivity index (χ4n) is 2.08. The summed E-state index contributed by atoms with van der Waals surface area (Å²) in [6, 6.07) is 6.53. The highest BCUT2D eigenvalue weighted by molar-refractivity contribution is 5.54. The Labute approximate surface area is 104 Å². The summed E-state index contributed by atoms with van der Waals surface area (Å²) in [6.07, 6.45) is 0. The van der Waals surface area contributed by atoms with E-state index in [0.29, 0.717) is 11.8 Å². The minimum absolute atomic E-state index is 0.165. The third kappa shape index (κ3) is 3.13. The van der Waals surface area contributed by atoms with E-state index in [1.165, 1.54) is 0 Å². The summed E-state index contributed by atoms with van der Waals surface area (Å²) in [4.78, 5) is 2.26. The van der Waals surface area contributed by atoms with Crippen LogP contribution in [-0.4, -0.2) is 24.7 Å². The molecule has 1 rings (SSSR count). The lowest BCUT2D eigenvalue weighted by Gasteiger charge is -2.28. The highest BCUT2D eigenvalue weighted by atomic mass is 16.3. The number of nitrogens with one attached hydrogen (secondary N) is 1. The molecule has 17 heavy (non-hydrogen) atoms. The number of nitrogens with zero attached hydrogens (tertiary/aromatic N) is 1. The summed E-state index contributed by atoms with van der Waals surface area (Å²) < 4.78 is 0. The summed E-state index contributed by atoms with van der Waals surface area (Å²) in [7, 11) is 1.89. The molecule has 0 fully saturated rings. The third-order valence-electron chi connectivity index (χ3n) is 3.21. The summed E-state index contributed by atoms with van der Waals surface area (Å²) in [5.74, 6) is 0.364. The second kappa shape index (κ2) is 5.92. The van der Waals surface area contributed by atoms with Gasteiger partial charge in [0.2, 0.25) is 0 Å². The van der Waals surface area contributed by atoms with Crippen molar-refractivity contribution >= 4 is 5.69 Å². The molecule has 0 saturated heterocycles. The summed E-state index contributed by atoms with van der Waals surface area (Å²) in [6.45, 7) is 9.42. The van der Waals surface area contributed by atoms with Crippen molar-refractivity contribution in [3.63, 3.8) is 0 Å². The van der Waals surface area contributed by atoms with Crippen LogP contribution in [0.2, 0.25) is 0 Å². The molecular formula is C14H24N2O. The van der Waals surface area contributed by atoms with Crippen LogP contribution >= 0.6 is 0 Å². The van der Waals surface area contributed by atoms with Gasteiger partial charge in [0.15, 0.2) is 0 Å². The van der Waals surface area contributed by atoms with Crippen molar-refractivity contribution in [1.29, 1.82) is 0 Å². The summed E-state index contributed by atoms with van der Waals surface area (Å²) in [5, 5.41) is 13.2. The van der Waals surface area contributed by atoms with Gasteiger partial charge in [-0.1, -0.05) is 6.07 Å². The zero-order valence-corrected chi connectivity index (χ0v) is 11.5. The summed E-state index contributed by atoms with van der Waals surface area (Å²) in [5.41, 5.74) is 2.02. The van der Waals surface area contributed by atoms with E-state index in [1.807, 2.05) is 26.1 Å². The van der Waals surface area contributed by atoms with Gasteiger partial charge >= 0.3 is 0 Å². The molecule has 1 aromatic carbocycles. The maximum Gasteiger partial charge on any atom is 0.122 e. The van der Waals surface area contributed by atoms with Crippen LogP contribution in [-0.2, 0) is 0 Å². The van der Waals surface area contributed by atoms with E-state index in [-0.39, 0.29) is 6.04 Å². The molecule has 3 heteroatoms. The van der Waals surface area contributed by atoms with Crippen LogP contribution in [0.3, 0.4) is 0 Å². The van der Waals surface area contributed by atoms with Crippen LogP contribution in [0.1, 0.15) is 39.3 Å². The van der Waals surface area contributed by atoms with Gasteiger partial charge in [0.1, 0.15) is 5.75 Å². The molecule has 0 aromatic heterocycles. The molecule has 0 amide bonds. The smallest absolute Gasteiger partial charge is 0.122 e. The van der Waals surface area contributed by atoms with E-state index >= 15 is 0 Å². The van der Waals surface area contributed by atoms with Gasteiger partial charge < -0.3 is 15.3 Å². The van der Waals surface area contributed by atoms with Crippen molar-refractivity contribution < 1.29 is 5.11 Å². The molecule has 0 saturated carbocycles. The highest BCUT2D eigenvalue weighted by Gasteiger charge is 2.13. The van der Waals surface area contributed by atoms with Gasteiger partial charge in [-0.15, -0.1) is 0 Å². The number of rotatable bonds is 5. The minimum atomic E-state index is 0.165. The number of hydrogen-bond acceptors (Lipinski definition) is 3. The molecule has 1 aromatic rings. The van der Waals surface area contributed by atoms with E-state index in [1.54, 1.807) is 0 Å². The van der Waals surface area contributed by atoms with E-state index in [9.17, 15) is 5.11 Å². The largest absolute Gasteiger partial charge is 0.508 e. The molecule has 3 nitrogen and oxygen atoms in total. The van der Waals surface area contributed by atoms with Gasteiger partial charge in [-0.05, 0) is 40.8 Å². The van der Waals surface area contributed by atoms with Crippen molar-refractivity contribution in [2.24, 2.45) is 0 Å². The van der Waals surface area contributed by atoms with Gasteiger partial charge in [0.05, 0.1) is 0 Å². The molecule has 0 bridgehead atoms. The fourth-order valence-corrected chi connectivity index (χ4v) is 2.08. The molecule has 0 heterocycles. The van der Waals surface area contributed by atoms with Crippen LogP contribution < -0.4 is 10.2 Å². The Bertz CT molecular complexity index is 363. The first-order valence-corrected chi connectivity index (χ1v) is 6.28. The van der Waals surface area contributed by atoms with Gasteiger partial charge in [-0.3, -0.25) is 0 Å². The average Bonchev–Trinajstić information content (AvgIpc) is 2.28. The van der Waals surface area contributed by atoms with Gasteiger partial charge in [-0.2, -0.15) is 0 Å². The molecular weight excluding hydrogens is 212 g/mol. The van der Waals surface area contributed by atoms with E-state index in [4.69, 9.17) is 0 Å². The van der Waals surface area contributed by atoms with Crippen LogP contribution in [0.25, 0.3) is 0 Å². The molecule has 0 radical (unpaired) electrons. The predicted molar refractivity (Wildman–Crippen MR) is 73.7 cm³/mol. The van der Waals surface area contributed by atoms with Crippen molar-refractivity contribution in [2.75, 3.05) is 18.5 Å². The van der Waals surface area contributed by atoms with Gasteiger partial charge in [0.25, 0.3) is 0 Å². The third-order valence-corrected chi connectivity index (χ3v) is 3.21. The molecule has 0 aliphatic rings. The first kappa shape index (κ1) is 13.8. The number of aromatic hydroxyl groups is 1. The maximum atomic E-state index is 10.1. The van der Waals surface area contributed by atoms with E-state index in [2.05, 4.69) is 37.1 Å². The standard InChI is InChI=1S/C14H24N2O/c1-6-16(10(2)3)12-7-8-13(11(4)15-5)14(17)9-12/h7-11,15,17H,6H2,1-5H3. The zero-order valence-electron chi connectivity index (χ0n) is 11.5. The van der Waals surface area contributed by atoms with Crippen LogP contribution in [0, 0.1) is 0 Å². The SMILES string of the molecule is CCN(c1ccc(C(C)NC)c(O)c1)C(C)C. The molecule has 2 N–H and O–H groups in total. The van der Waals surface area contributed by atoms with Crippen LogP contribution in [0.15, 0.2) is 18.2 Å². The predicted octanol–water partition coefficient (Wildman–Crippen LogP) is 2.91.